The summed E-state index contributed by atoms with van der Waals surface area (Å²) in [5.74, 6) is 1.99. The van der Waals surface area contributed by atoms with E-state index in [9.17, 15) is 0 Å². The molecule has 1 heterocycles. The van der Waals surface area contributed by atoms with Crippen molar-refractivity contribution in [3.8, 4) is 0 Å². The Balaban J connectivity index is 2.02. The SMILES string of the molecule is Cc1cnc(CSc2ccc(Cl)cc2)nc1N. The van der Waals surface area contributed by atoms with Crippen LogP contribution in [0.2, 0.25) is 5.02 Å². The first-order valence-corrected chi connectivity index (χ1v) is 6.48. The van der Waals surface area contributed by atoms with Crippen LogP contribution in [0.15, 0.2) is 35.4 Å². The molecule has 3 nitrogen and oxygen atoms in total. The summed E-state index contributed by atoms with van der Waals surface area (Å²) in [5.41, 5.74) is 6.64. The molecule has 0 saturated heterocycles. The van der Waals surface area contributed by atoms with Crippen LogP contribution in [0.4, 0.5) is 5.82 Å². The first-order valence-electron chi connectivity index (χ1n) is 5.11. The van der Waals surface area contributed by atoms with E-state index >= 15 is 0 Å². The van der Waals surface area contributed by atoms with E-state index in [1.807, 2.05) is 31.2 Å². The highest BCUT2D eigenvalue weighted by molar-refractivity contribution is 7.98. The van der Waals surface area contributed by atoms with E-state index in [4.69, 9.17) is 17.3 Å². The van der Waals surface area contributed by atoms with Gasteiger partial charge in [-0.3, -0.25) is 0 Å². The van der Waals surface area contributed by atoms with Crippen LogP contribution in [0, 0.1) is 6.92 Å². The van der Waals surface area contributed by atoms with Gasteiger partial charge in [-0.05, 0) is 31.2 Å². The number of benzene rings is 1. The summed E-state index contributed by atoms with van der Waals surface area (Å²) in [6, 6.07) is 7.69. The number of nitrogens with zero attached hydrogens (tertiary/aromatic N) is 2. The van der Waals surface area contributed by atoms with Crippen LogP contribution in [0.5, 0.6) is 0 Å². The van der Waals surface area contributed by atoms with Gasteiger partial charge in [-0.2, -0.15) is 0 Å². The minimum Gasteiger partial charge on any atom is -0.383 e. The first kappa shape index (κ1) is 12.2. The fourth-order valence-electron chi connectivity index (χ4n) is 1.24. The van der Waals surface area contributed by atoms with Crippen molar-refractivity contribution >= 4 is 29.2 Å². The van der Waals surface area contributed by atoms with Crippen LogP contribution in [0.1, 0.15) is 11.4 Å². The maximum absolute atomic E-state index is 5.82. The van der Waals surface area contributed by atoms with Gasteiger partial charge in [-0.15, -0.1) is 11.8 Å². The number of rotatable bonds is 3. The topological polar surface area (TPSA) is 51.8 Å². The van der Waals surface area contributed by atoms with Gasteiger partial charge in [0.25, 0.3) is 0 Å². The van der Waals surface area contributed by atoms with Crippen molar-refractivity contribution in [2.45, 2.75) is 17.6 Å². The number of halogens is 1. The summed E-state index contributed by atoms with van der Waals surface area (Å²) in [5, 5.41) is 0.741. The van der Waals surface area contributed by atoms with Crippen LogP contribution >= 0.6 is 23.4 Å². The van der Waals surface area contributed by atoms with Crippen LogP contribution in [0.3, 0.4) is 0 Å². The average Bonchev–Trinajstić information content (AvgIpc) is 2.33. The molecule has 0 spiro atoms. The average molecular weight is 266 g/mol. The highest BCUT2D eigenvalue weighted by Gasteiger charge is 2.02. The minimum absolute atomic E-state index is 0.548. The predicted molar refractivity (Wildman–Crippen MR) is 72.2 cm³/mol. The molecule has 2 aromatic rings. The maximum Gasteiger partial charge on any atom is 0.140 e. The molecule has 0 fully saturated rings. The second kappa shape index (κ2) is 5.38. The molecule has 5 heteroatoms. The molecular weight excluding hydrogens is 254 g/mol. The van der Waals surface area contributed by atoms with E-state index in [2.05, 4.69) is 9.97 Å². The molecule has 2 N–H and O–H groups in total. The molecule has 17 heavy (non-hydrogen) atoms. The van der Waals surface area contributed by atoms with E-state index in [1.54, 1.807) is 18.0 Å². The zero-order valence-electron chi connectivity index (χ0n) is 9.35. The van der Waals surface area contributed by atoms with Crippen molar-refractivity contribution in [1.29, 1.82) is 0 Å². The lowest BCUT2D eigenvalue weighted by atomic mass is 10.3. The van der Waals surface area contributed by atoms with Crippen molar-refractivity contribution < 1.29 is 0 Å². The van der Waals surface area contributed by atoms with Gasteiger partial charge in [0.15, 0.2) is 0 Å². The van der Waals surface area contributed by atoms with Gasteiger partial charge in [0.1, 0.15) is 11.6 Å². The molecule has 0 radical (unpaired) electrons. The van der Waals surface area contributed by atoms with E-state index in [1.165, 1.54) is 0 Å². The van der Waals surface area contributed by atoms with E-state index in [0.717, 1.165) is 21.3 Å². The Morgan fingerprint density at radius 3 is 2.65 bits per heavy atom. The van der Waals surface area contributed by atoms with Gasteiger partial charge in [-0.1, -0.05) is 11.6 Å². The van der Waals surface area contributed by atoms with Gasteiger partial charge >= 0.3 is 0 Å². The normalized spacial score (nSPS) is 10.5. The predicted octanol–water partition coefficient (Wildman–Crippen LogP) is 3.31. The Hall–Kier alpha value is -1.26. The summed E-state index contributed by atoms with van der Waals surface area (Å²) in [6.07, 6.45) is 1.75. The van der Waals surface area contributed by atoms with Crippen molar-refractivity contribution in [1.82, 2.24) is 9.97 Å². The third-order valence-corrected chi connectivity index (χ3v) is 3.50. The number of nitrogen functional groups attached to an aromatic ring is 1. The van der Waals surface area contributed by atoms with Crippen molar-refractivity contribution in [2.24, 2.45) is 0 Å². The molecule has 0 aliphatic carbocycles. The third kappa shape index (κ3) is 3.35. The molecule has 0 unspecified atom stereocenters. The Morgan fingerprint density at radius 2 is 2.00 bits per heavy atom. The van der Waals surface area contributed by atoms with E-state index < -0.39 is 0 Å². The Kier molecular flexibility index (Phi) is 3.86. The Morgan fingerprint density at radius 1 is 1.29 bits per heavy atom. The molecule has 0 bridgehead atoms. The Labute approximate surface area is 109 Å². The number of anilines is 1. The highest BCUT2D eigenvalue weighted by atomic mass is 35.5. The number of nitrogens with two attached hydrogens (primary N) is 1. The van der Waals surface area contributed by atoms with Gasteiger partial charge < -0.3 is 5.73 Å². The molecule has 2 rings (SSSR count). The number of aryl methyl sites for hydroxylation is 1. The largest absolute Gasteiger partial charge is 0.383 e. The van der Waals surface area contributed by atoms with Gasteiger partial charge in [0.05, 0.1) is 5.75 Å². The lowest BCUT2D eigenvalue weighted by Gasteiger charge is -2.03. The van der Waals surface area contributed by atoms with Crippen LogP contribution in [-0.4, -0.2) is 9.97 Å². The quantitative estimate of drug-likeness (QED) is 0.865. The van der Waals surface area contributed by atoms with Crippen LogP contribution < -0.4 is 5.73 Å². The van der Waals surface area contributed by atoms with Crippen molar-refractivity contribution in [3.63, 3.8) is 0 Å². The number of hydrogen-bond acceptors (Lipinski definition) is 4. The second-order valence-electron chi connectivity index (χ2n) is 3.60. The van der Waals surface area contributed by atoms with E-state index in [-0.39, 0.29) is 0 Å². The second-order valence-corrected chi connectivity index (χ2v) is 5.08. The first-order chi connectivity index (χ1) is 8.15. The zero-order chi connectivity index (χ0) is 12.3. The molecule has 0 aliphatic rings. The molecule has 1 aromatic carbocycles. The summed E-state index contributed by atoms with van der Waals surface area (Å²) in [7, 11) is 0. The summed E-state index contributed by atoms with van der Waals surface area (Å²) in [4.78, 5) is 9.60. The molecule has 0 saturated carbocycles. The van der Waals surface area contributed by atoms with Gasteiger partial charge in [0, 0.05) is 21.7 Å². The smallest absolute Gasteiger partial charge is 0.140 e. The summed E-state index contributed by atoms with van der Waals surface area (Å²) < 4.78 is 0. The van der Waals surface area contributed by atoms with Crippen molar-refractivity contribution in [2.75, 3.05) is 5.73 Å². The highest BCUT2D eigenvalue weighted by Crippen LogP contribution is 2.23. The van der Waals surface area contributed by atoms with Gasteiger partial charge in [-0.25, -0.2) is 9.97 Å². The van der Waals surface area contributed by atoms with Crippen LogP contribution in [0.25, 0.3) is 0 Å². The van der Waals surface area contributed by atoms with Gasteiger partial charge in [0.2, 0.25) is 0 Å². The number of hydrogen-bond donors (Lipinski definition) is 1. The minimum atomic E-state index is 0.548. The third-order valence-electron chi connectivity index (χ3n) is 2.24. The van der Waals surface area contributed by atoms with Crippen molar-refractivity contribution in [3.05, 3.63) is 46.9 Å². The Bertz CT molecular complexity index is 514. The lowest BCUT2D eigenvalue weighted by molar-refractivity contribution is 1.02. The number of thioether (sulfide) groups is 1. The molecular formula is C12H12ClN3S. The molecule has 1 aromatic heterocycles. The standard InChI is InChI=1S/C12H12ClN3S/c1-8-6-15-11(16-12(8)14)7-17-10-4-2-9(13)3-5-10/h2-6H,7H2,1H3,(H2,14,15,16). The summed E-state index contributed by atoms with van der Waals surface area (Å²) >= 11 is 7.47. The monoisotopic (exact) mass is 265 g/mol. The maximum atomic E-state index is 5.82. The fourth-order valence-corrected chi connectivity index (χ4v) is 2.13. The molecule has 0 aliphatic heterocycles. The fraction of sp³-hybridized carbons (Fsp3) is 0.167. The molecule has 0 amide bonds. The molecule has 88 valence electrons. The molecule has 0 atom stereocenters. The summed E-state index contributed by atoms with van der Waals surface area (Å²) in [6.45, 7) is 1.89. The van der Waals surface area contributed by atoms with Crippen LogP contribution in [-0.2, 0) is 5.75 Å². The lowest BCUT2D eigenvalue weighted by Crippen LogP contribution is -2.00. The number of aromatic nitrogens is 2. The zero-order valence-corrected chi connectivity index (χ0v) is 10.9. The van der Waals surface area contributed by atoms with E-state index in [0.29, 0.717) is 11.6 Å².